The Labute approximate surface area is 91.3 Å². The molecular formula is C9H12N4OS. The molecular weight excluding hydrogens is 212 g/mol. The lowest BCUT2D eigenvalue weighted by Gasteiger charge is -2.01. The largest absolute Gasteiger partial charge is 0.339 e. The zero-order valence-corrected chi connectivity index (χ0v) is 9.36. The van der Waals surface area contributed by atoms with Crippen molar-refractivity contribution in [2.24, 2.45) is 5.73 Å². The van der Waals surface area contributed by atoms with Crippen molar-refractivity contribution in [3.05, 3.63) is 28.3 Å². The molecule has 0 amide bonds. The van der Waals surface area contributed by atoms with E-state index < -0.39 is 0 Å². The monoisotopic (exact) mass is 224 g/mol. The van der Waals surface area contributed by atoms with Crippen LogP contribution in [-0.2, 0) is 0 Å². The zero-order valence-electron chi connectivity index (χ0n) is 8.54. The molecule has 2 N–H and O–H groups in total. The van der Waals surface area contributed by atoms with Gasteiger partial charge in [-0.05, 0) is 0 Å². The van der Waals surface area contributed by atoms with Crippen LogP contribution in [0.3, 0.4) is 0 Å². The first-order chi connectivity index (χ1) is 7.18. The van der Waals surface area contributed by atoms with Gasteiger partial charge in [0.15, 0.2) is 5.82 Å². The van der Waals surface area contributed by atoms with Gasteiger partial charge in [-0.25, -0.2) is 0 Å². The third kappa shape index (κ3) is 2.05. The Morgan fingerprint density at radius 3 is 2.80 bits per heavy atom. The van der Waals surface area contributed by atoms with E-state index in [4.69, 9.17) is 10.3 Å². The Morgan fingerprint density at radius 2 is 2.27 bits per heavy atom. The highest BCUT2D eigenvalue weighted by atomic mass is 32.1. The molecule has 0 aliphatic heterocycles. The predicted molar refractivity (Wildman–Crippen MR) is 56.5 cm³/mol. The molecule has 6 heteroatoms. The fourth-order valence-corrected chi connectivity index (χ4v) is 1.73. The summed E-state index contributed by atoms with van der Waals surface area (Å²) in [6.07, 6.45) is 1.72. The number of hydrogen-bond donors (Lipinski definition) is 1. The Hall–Kier alpha value is -1.27. The molecule has 0 aromatic carbocycles. The number of nitrogens with two attached hydrogens (primary N) is 1. The number of hydrogen-bond acceptors (Lipinski definition) is 6. The average molecular weight is 224 g/mol. The molecule has 2 heterocycles. The summed E-state index contributed by atoms with van der Waals surface area (Å²) in [6.45, 7) is 3.99. The van der Waals surface area contributed by atoms with Gasteiger partial charge < -0.3 is 10.3 Å². The van der Waals surface area contributed by atoms with Crippen molar-refractivity contribution < 1.29 is 4.52 Å². The average Bonchev–Trinajstić information content (AvgIpc) is 2.88. The molecule has 15 heavy (non-hydrogen) atoms. The maximum Gasteiger partial charge on any atom is 0.229 e. The maximum atomic E-state index is 5.96. The molecule has 2 rings (SSSR count). The number of aromatic nitrogens is 3. The fourth-order valence-electron chi connectivity index (χ4n) is 1.11. The zero-order chi connectivity index (χ0) is 10.8. The highest BCUT2D eigenvalue weighted by Gasteiger charge is 2.18. The lowest BCUT2D eigenvalue weighted by Crippen LogP contribution is -2.12. The molecule has 0 fully saturated rings. The van der Waals surface area contributed by atoms with Crippen LogP contribution in [0.1, 0.15) is 42.4 Å². The van der Waals surface area contributed by atoms with Crippen molar-refractivity contribution in [2.45, 2.75) is 25.8 Å². The quantitative estimate of drug-likeness (QED) is 0.858. The van der Waals surface area contributed by atoms with E-state index in [1.807, 2.05) is 13.8 Å². The second kappa shape index (κ2) is 4.08. The second-order valence-corrected chi connectivity index (χ2v) is 4.44. The summed E-state index contributed by atoms with van der Waals surface area (Å²) in [5.74, 6) is 1.35. The van der Waals surface area contributed by atoms with E-state index in [9.17, 15) is 0 Å². The summed E-state index contributed by atoms with van der Waals surface area (Å²) in [5, 5.41) is 3.86. The summed E-state index contributed by atoms with van der Waals surface area (Å²) >= 11 is 1.49. The van der Waals surface area contributed by atoms with Crippen molar-refractivity contribution >= 4 is 11.3 Å². The van der Waals surface area contributed by atoms with Crippen LogP contribution in [0.15, 0.2) is 16.2 Å². The SMILES string of the molecule is CC(C)c1nc(C(N)c2cncs2)no1. The van der Waals surface area contributed by atoms with Crippen molar-refractivity contribution in [3.63, 3.8) is 0 Å². The van der Waals surface area contributed by atoms with Gasteiger partial charge in [0.25, 0.3) is 0 Å². The first-order valence-corrected chi connectivity index (χ1v) is 5.54. The number of thiazole rings is 1. The Kier molecular flexibility index (Phi) is 2.79. The van der Waals surface area contributed by atoms with E-state index in [1.54, 1.807) is 11.7 Å². The smallest absolute Gasteiger partial charge is 0.229 e. The molecule has 0 aliphatic rings. The van der Waals surface area contributed by atoms with Crippen LogP contribution >= 0.6 is 11.3 Å². The van der Waals surface area contributed by atoms with Crippen molar-refractivity contribution in [1.82, 2.24) is 15.1 Å². The van der Waals surface area contributed by atoms with Gasteiger partial charge in [-0.3, -0.25) is 4.98 Å². The van der Waals surface area contributed by atoms with Gasteiger partial charge in [-0.2, -0.15) is 4.98 Å². The van der Waals surface area contributed by atoms with Gasteiger partial charge in [-0.1, -0.05) is 19.0 Å². The van der Waals surface area contributed by atoms with Crippen LogP contribution in [0.2, 0.25) is 0 Å². The highest BCUT2D eigenvalue weighted by Crippen LogP contribution is 2.21. The summed E-state index contributed by atoms with van der Waals surface area (Å²) in [4.78, 5) is 9.14. The first kappa shape index (κ1) is 10.3. The lowest BCUT2D eigenvalue weighted by molar-refractivity contribution is 0.359. The maximum absolute atomic E-state index is 5.96. The molecule has 5 nitrogen and oxygen atoms in total. The molecule has 0 saturated heterocycles. The van der Waals surface area contributed by atoms with Gasteiger partial charge >= 0.3 is 0 Å². The minimum Gasteiger partial charge on any atom is -0.339 e. The molecule has 2 aromatic rings. The van der Waals surface area contributed by atoms with Gasteiger partial charge in [0, 0.05) is 17.0 Å². The first-order valence-electron chi connectivity index (χ1n) is 4.66. The Morgan fingerprint density at radius 1 is 1.47 bits per heavy atom. The molecule has 2 aromatic heterocycles. The van der Waals surface area contributed by atoms with E-state index in [1.165, 1.54) is 11.3 Å². The van der Waals surface area contributed by atoms with Gasteiger partial charge in [-0.15, -0.1) is 11.3 Å². The van der Waals surface area contributed by atoms with E-state index in [0.29, 0.717) is 11.7 Å². The van der Waals surface area contributed by atoms with Crippen LogP contribution in [-0.4, -0.2) is 15.1 Å². The van der Waals surface area contributed by atoms with E-state index in [2.05, 4.69) is 15.1 Å². The summed E-state index contributed by atoms with van der Waals surface area (Å²) in [6, 6.07) is -0.339. The molecule has 0 radical (unpaired) electrons. The summed E-state index contributed by atoms with van der Waals surface area (Å²) < 4.78 is 5.09. The lowest BCUT2D eigenvalue weighted by atomic mass is 10.2. The molecule has 0 spiro atoms. The second-order valence-electron chi connectivity index (χ2n) is 3.53. The van der Waals surface area contributed by atoms with Crippen LogP contribution in [0.4, 0.5) is 0 Å². The number of nitrogens with zero attached hydrogens (tertiary/aromatic N) is 3. The normalized spacial score (nSPS) is 13.3. The third-order valence-electron chi connectivity index (χ3n) is 1.99. The van der Waals surface area contributed by atoms with Gasteiger partial charge in [0.05, 0.1) is 5.51 Å². The van der Waals surface area contributed by atoms with Crippen LogP contribution in [0.25, 0.3) is 0 Å². The Balaban J connectivity index is 2.23. The van der Waals surface area contributed by atoms with Crippen LogP contribution < -0.4 is 5.73 Å². The fraction of sp³-hybridized carbons (Fsp3) is 0.444. The van der Waals surface area contributed by atoms with E-state index in [0.717, 1.165) is 4.88 Å². The summed E-state index contributed by atoms with van der Waals surface area (Å²) in [5.41, 5.74) is 7.69. The molecule has 0 aliphatic carbocycles. The van der Waals surface area contributed by atoms with E-state index in [-0.39, 0.29) is 12.0 Å². The number of rotatable bonds is 3. The van der Waals surface area contributed by atoms with Crippen LogP contribution in [0.5, 0.6) is 0 Å². The van der Waals surface area contributed by atoms with Crippen molar-refractivity contribution in [3.8, 4) is 0 Å². The highest BCUT2D eigenvalue weighted by molar-refractivity contribution is 7.09. The predicted octanol–water partition coefficient (Wildman–Crippen LogP) is 1.70. The van der Waals surface area contributed by atoms with Crippen LogP contribution in [0, 0.1) is 0 Å². The van der Waals surface area contributed by atoms with Crippen molar-refractivity contribution in [1.29, 1.82) is 0 Å². The van der Waals surface area contributed by atoms with Crippen molar-refractivity contribution in [2.75, 3.05) is 0 Å². The molecule has 0 saturated carbocycles. The molecule has 80 valence electrons. The molecule has 1 unspecified atom stereocenters. The third-order valence-corrected chi connectivity index (χ3v) is 2.85. The summed E-state index contributed by atoms with van der Waals surface area (Å²) in [7, 11) is 0. The van der Waals surface area contributed by atoms with E-state index >= 15 is 0 Å². The minimum atomic E-state index is -0.339. The minimum absolute atomic E-state index is 0.222. The van der Waals surface area contributed by atoms with Gasteiger partial charge in [0.1, 0.15) is 6.04 Å². The Bertz CT molecular complexity index is 423. The molecule has 0 bridgehead atoms. The molecule has 1 atom stereocenters. The van der Waals surface area contributed by atoms with Gasteiger partial charge in [0.2, 0.25) is 5.89 Å². The topological polar surface area (TPSA) is 77.8 Å². The standard InChI is InChI=1S/C9H12N4OS/c1-5(2)9-12-8(13-14-9)7(10)6-3-11-4-15-6/h3-5,7H,10H2,1-2H3.